The Labute approximate surface area is 772 Å². The summed E-state index contributed by atoms with van der Waals surface area (Å²) in [4.78, 5) is 73.9. The van der Waals surface area contributed by atoms with E-state index in [0.717, 1.165) is 208 Å². The van der Waals surface area contributed by atoms with Crippen molar-refractivity contribution >= 4 is 35.8 Å². The van der Waals surface area contributed by atoms with Crippen LogP contribution < -0.4 is 0 Å². The largest absolute Gasteiger partial charge is 0.469 e. The molecule has 6 N–H and O–H groups in total. The number of aliphatic hydroxyl groups is 6. The lowest BCUT2D eigenvalue weighted by Gasteiger charge is -2.75. The minimum atomic E-state index is -0.714. The number of carbonyl (C=O) groups excluding carboxylic acids is 6. The molecule has 14 unspecified atom stereocenters. The van der Waals surface area contributed by atoms with Crippen molar-refractivity contribution in [2.24, 2.45) is 205 Å². The van der Waals surface area contributed by atoms with Crippen LogP contribution in [0.3, 0.4) is 0 Å². The monoisotopic (exact) mass is 1790 g/mol. The van der Waals surface area contributed by atoms with Crippen molar-refractivity contribution in [3.8, 4) is 6.07 Å². The number of nitriles is 1. The van der Waals surface area contributed by atoms with Gasteiger partial charge in [-0.2, -0.15) is 5.26 Å². The van der Waals surface area contributed by atoms with E-state index in [9.17, 15) is 54.3 Å². The number of aliphatic hydroxyl groups excluding tert-OH is 1. The van der Waals surface area contributed by atoms with Crippen molar-refractivity contribution in [3.05, 3.63) is 0 Å². The molecule has 0 aromatic rings. The number of nitrogens with zero attached hydrogens (tertiary/aromatic N) is 1. The highest BCUT2D eigenvalue weighted by Crippen LogP contribution is 2.80. The lowest BCUT2D eigenvalue weighted by molar-refractivity contribution is -0.345. The maximum absolute atomic E-state index is 12.9. The predicted molar refractivity (Wildman–Crippen MR) is 486 cm³/mol. The normalized spacial score (nSPS) is 50.9. The highest BCUT2D eigenvalue weighted by atomic mass is 16.6. The molecule has 0 aliphatic heterocycles. The lowest BCUT2D eigenvalue weighted by atomic mass is 9.32. The van der Waals surface area contributed by atoms with Crippen LogP contribution in [0.4, 0.5) is 0 Å². The van der Waals surface area contributed by atoms with Gasteiger partial charge in [-0.1, -0.05) is 68.2 Å². The molecule has 0 saturated heterocycles. The molecule has 35 rings (SSSR count). The zero-order valence-corrected chi connectivity index (χ0v) is 82.1. The van der Waals surface area contributed by atoms with Gasteiger partial charge in [-0.25, -0.2) is 0 Å². The lowest BCUT2D eigenvalue weighted by Crippen LogP contribution is -2.78. The Hall–Kier alpha value is -3.93. The Bertz CT molecular complexity index is 4120. The van der Waals surface area contributed by atoms with Crippen molar-refractivity contribution < 1.29 is 87.8 Å². The first-order chi connectivity index (χ1) is 60.7. The number of rotatable bonds is 18. The van der Waals surface area contributed by atoms with Gasteiger partial charge in [0.2, 0.25) is 0 Å². The number of carbonyl (C=O) groups is 6. The van der Waals surface area contributed by atoms with Gasteiger partial charge in [-0.05, 0) is 434 Å². The van der Waals surface area contributed by atoms with Gasteiger partial charge in [0, 0.05) is 36.0 Å². The molecule has 38 bridgehead atoms. The molecular formula is C110H169NO18. The van der Waals surface area contributed by atoms with E-state index < -0.39 is 33.0 Å². The van der Waals surface area contributed by atoms with Gasteiger partial charge in [0.15, 0.2) is 0 Å². The first kappa shape index (κ1) is 94.1. The average Bonchev–Trinajstić information content (AvgIpc) is 0.703. The third-order valence-corrected chi connectivity index (χ3v) is 45.0. The van der Waals surface area contributed by atoms with Gasteiger partial charge in [0.25, 0.3) is 0 Å². The molecule has 19 heteroatoms. The SMILES string of the molecule is CCC(C)(C)C(=O)OC12CC3C4CC5(O)CC3C(C1)C(C5)C4C2.CCC(C)(C)C(=O)OC12CC3CC(CC(O)(C3)C1)C2.CCC(C)(C)C(=O)OC12CC3CC4C1CC1CC2C(C3)C4(O)C1.CCC(C)(CO)C(=O)OC.CCC(C)C(=O)OC12CC3C4CC5(O)CC3C(C1)C(C5)C4C2.CCC(C)C(=O)OC12CC3CC4C1CC1CC2C(C3)C4(O)C1.N#CC1CC2CCC1CC2. The van der Waals surface area contributed by atoms with E-state index in [2.05, 4.69) is 38.5 Å². The standard InChI is InChI=1S/2C20H30O3.2C19H28O3.C16H26O3.C9H13N.C7H14O3/c1-4-18(2,3)17(21)23-20-10-12-5-13-15(20)7-11-8-16(20)14(6-12)19(13,22)9-11;1-4-18(2,3)17(21)23-20-8-14-11-5-19(22)6-12(14)16(10-20)13(7-19)15(11)9-20;1-3-10(2)17(20)22-19-9-12-4-13-15(19)6-11-7-16(19)14(5-12)18(13,21)8-11;1-3-10(2)17(20)22-19-7-14-11-4-18(21)5-12(14)16(9-19)13(6-18)15(11)8-19;1-4-14(2,3)13(17)19-16-8-11-5-12(9-16)7-15(18,6-11)10-16;10-6-9-5-7-1-3-8(9)4-2-7;1-4-7(2,5-8)6(9)10-3/h2*11-16,22H,4-10H2,1-3H3;2*10-16,21H,3-9H2,1-2H3;11-12,18H,4-10H2,1-3H3;7-9H,1-5H2;8H,4-5H2,1-3H3. The maximum atomic E-state index is 12.9. The highest BCUT2D eigenvalue weighted by Gasteiger charge is 2.80. The smallest absolute Gasteiger partial charge is 0.313 e. The summed E-state index contributed by atoms with van der Waals surface area (Å²) in [6, 6.07) is 2.44. The maximum Gasteiger partial charge on any atom is 0.313 e. The highest BCUT2D eigenvalue weighted by molar-refractivity contribution is 5.78. The van der Waals surface area contributed by atoms with Crippen LogP contribution in [0.25, 0.3) is 0 Å². The van der Waals surface area contributed by atoms with E-state index in [1.165, 1.54) is 97.0 Å². The number of fused-ring (bicyclic) bond motifs is 3. The van der Waals surface area contributed by atoms with Crippen LogP contribution >= 0.6 is 0 Å². The van der Waals surface area contributed by atoms with Crippen molar-refractivity contribution in [1.82, 2.24) is 0 Å². The molecule has 35 fully saturated rings. The summed E-state index contributed by atoms with van der Waals surface area (Å²) in [5, 5.41) is 72.7. The van der Waals surface area contributed by atoms with Crippen LogP contribution in [0.1, 0.15) is 367 Å². The van der Waals surface area contributed by atoms with Crippen molar-refractivity contribution in [1.29, 1.82) is 5.26 Å². The molecule has 35 saturated carbocycles. The molecule has 0 amide bonds. The molecule has 0 aromatic heterocycles. The summed E-state index contributed by atoms with van der Waals surface area (Å²) in [7, 11) is 1.33. The first-order valence-corrected chi connectivity index (χ1v) is 53.6. The molecule has 35 aliphatic rings. The fourth-order valence-corrected chi connectivity index (χ4v) is 37.7. The Morgan fingerprint density at radius 1 is 0.349 bits per heavy atom. The molecule has 19 nitrogen and oxygen atoms in total. The number of methoxy groups -OCH3 is 1. The molecule has 129 heavy (non-hydrogen) atoms. The Kier molecular flexibility index (Phi) is 23.8. The van der Waals surface area contributed by atoms with Crippen LogP contribution in [-0.4, -0.2) is 136 Å². The molecule has 14 atom stereocenters. The summed E-state index contributed by atoms with van der Waals surface area (Å²) in [5.41, 5.74) is -5.07. The quantitative estimate of drug-likeness (QED) is 0.0549. The average molecular weight is 1790 g/mol. The van der Waals surface area contributed by atoms with E-state index >= 15 is 0 Å². The molecule has 0 radical (unpaired) electrons. The third-order valence-electron chi connectivity index (χ3n) is 45.0. The van der Waals surface area contributed by atoms with E-state index in [0.29, 0.717) is 137 Å². The van der Waals surface area contributed by atoms with Crippen LogP contribution in [0.5, 0.6) is 0 Å². The van der Waals surface area contributed by atoms with Gasteiger partial charge in [0.05, 0.1) is 81.3 Å². The number of hydrogen-bond donors (Lipinski definition) is 6. The van der Waals surface area contributed by atoms with E-state index in [-0.39, 0.29) is 98.9 Å². The summed E-state index contributed by atoms with van der Waals surface area (Å²) >= 11 is 0. The van der Waals surface area contributed by atoms with Crippen LogP contribution in [-0.2, 0) is 57.2 Å². The van der Waals surface area contributed by atoms with Crippen molar-refractivity contribution in [2.45, 2.75) is 423 Å². The Morgan fingerprint density at radius 2 is 0.674 bits per heavy atom. The molecule has 722 valence electrons. The van der Waals surface area contributed by atoms with Gasteiger partial charge < -0.3 is 59.1 Å². The number of ether oxygens (including phenoxy) is 6. The van der Waals surface area contributed by atoms with Gasteiger partial charge in [0.1, 0.15) is 28.0 Å². The first-order valence-electron chi connectivity index (χ1n) is 53.6. The number of hydrogen-bond acceptors (Lipinski definition) is 19. The third kappa shape index (κ3) is 15.3. The second-order valence-corrected chi connectivity index (χ2v) is 53.2. The second kappa shape index (κ2) is 32.6. The van der Waals surface area contributed by atoms with Gasteiger partial charge in [-0.15, -0.1) is 0 Å². The van der Waals surface area contributed by atoms with Gasteiger partial charge in [-0.3, -0.25) is 28.8 Å². The Morgan fingerprint density at radius 3 is 0.977 bits per heavy atom. The zero-order chi connectivity index (χ0) is 92.0. The molecular weight excluding hydrogens is 1620 g/mol. The molecule has 0 spiro atoms. The van der Waals surface area contributed by atoms with Crippen LogP contribution in [0.2, 0.25) is 0 Å². The van der Waals surface area contributed by atoms with Crippen molar-refractivity contribution in [3.63, 3.8) is 0 Å². The van der Waals surface area contributed by atoms with Crippen LogP contribution in [0.15, 0.2) is 0 Å². The van der Waals surface area contributed by atoms with Crippen LogP contribution in [0, 0.1) is 216 Å². The fourth-order valence-electron chi connectivity index (χ4n) is 37.7. The minimum absolute atomic E-state index is 0.000451. The fraction of sp³-hybridized carbons (Fsp3) is 0.936. The summed E-state index contributed by atoms with van der Waals surface area (Å²) in [6.07, 6.45) is 43.4. The minimum Gasteiger partial charge on any atom is -0.469 e. The zero-order valence-electron chi connectivity index (χ0n) is 82.1. The van der Waals surface area contributed by atoms with E-state index in [1.807, 2.05) is 69.2 Å². The number of esters is 6. The molecule has 0 aromatic carbocycles. The molecule has 35 aliphatic carbocycles. The topological polar surface area (TPSA) is 303 Å². The molecule has 0 heterocycles. The van der Waals surface area contributed by atoms with E-state index in [4.69, 9.17) is 34.1 Å². The van der Waals surface area contributed by atoms with Gasteiger partial charge >= 0.3 is 35.8 Å². The predicted octanol–water partition coefficient (Wildman–Crippen LogP) is 19.3. The summed E-state index contributed by atoms with van der Waals surface area (Å²) in [6.45, 7) is 29.6. The Balaban J connectivity index is 0.0000000995. The second-order valence-electron chi connectivity index (χ2n) is 53.2. The summed E-state index contributed by atoms with van der Waals surface area (Å²) in [5.74, 6) is 17.5. The summed E-state index contributed by atoms with van der Waals surface area (Å²) < 4.78 is 35.7. The van der Waals surface area contributed by atoms with E-state index in [1.54, 1.807) is 6.92 Å². The van der Waals surface area contributed by atoms with Crippen molar-refractivity contribution in [2.75, 3.05) is 13.7 Å².